The first-order chi connectivity index (χ1) is 10.1. The highest BCUT2D eigenvalue weighted by Crippen LogP contribution is 2.22. The maximum absolute atomic E-state index is 12.5. The number of carbonyl (C=O) groups excluding carboxylic acids is 1. The Hall–Kier alpha value is -1.95. The summed E-state index contributed by atoms with van der Waals surface area (Å²) in [6.45, 7) is 3.69. The van der Waals surface area contributed by atoms with Crippen molar-refractivity contribution in [3.05, 3.63) is 29.6 Å². The summed E-state index contributed by atoms with van der Waals surface area (Å²) in [5, 5.41) is 8.86. The Morgan fingerprint density at radius 1 is 1.19 bits per heavy atom. The van der Waals surface area contributed by atoms with Crippen molar-refractivity contribution in [3.63, 3.8) is 0 Å². The molecule has 0 aromatic carbocycles. The van der Waals surface area contributed by atoms with Crippen molar-refractivity contribution in [1.29, 1.82) is 0 Å². The molecular formula is C15H19N3O3. The number of carboxylic acids is 1. The lowest BCUT2D eigenvalue weighted by Crippen LogP contribution is -2.39. The first-order valence-corrected chi connectivity index (χ1v) is 7.38. The molecule has 0 aliphatic carbocycles. The number of carboxylic acid groups (broad SMARTS) is 1. The zero-order valence-corrected chi connectivity index (χ0v) is 11.9. The molecule has 1 atom stereocenters. The molecule has 2 aliphatic rings. The molecule has 0 saturated carbocycles. The Morgan fingerprint density at radius 2 is 2.00 bits per heavy atom. The summed E-state index contributed by atoms with van der Waals surface area (Å²) in [4.78, 5) is 31.7. The van der Waals surface area contributed by atoms with Crippen LogP contribution in [-0.2, 0) is 0 Å². The topological polar surface area (TPSA) is 73.7 Å². The highest BCUT2D eigenvalue weighted by Gasteiger charge is 2.31. The molecule has 1 N–H and O–H groups in total. The number of carbonyl (C=O) groups is 2. The second-order valence-corrected chi connectivity index (χ2v) is 5.67. The standard InChI is InChI=1S/C15H19N3O3/c19-14(13-5-4-11(9-16-13)15(20)21)18-8-2-7-17-6-1-3-12(17)10-18/h4-5,9,12H,1-3,6-8,10H2,(H,20,21). The van der Waals surface area contributed by atoms with Gasteiger partial charge in [-0.25, -0.2) is 4.79 Å². The smallest absolute Gasteiger partial charge is 0.337 e. The van der Waals surface area contributed by atoms with E-state index in [1.165, 1.54) is 24.8 Å². The number of nitrogens with zero attached hydrogens (tertiary/aromatic N) is 3. The molecule has 1 aromatic rings. The first-order valence-electron chi connectivity index (χ1n) is 7.38. The molecule has 0 radical (unpaired) electrons. The average molecular weight is 289 g/mol. The third-order valence-corrected chi connectivity index (χ3v) is 4.32. The molecule has 3 rings (SSSR count). The van der Waals surface area contributed by atoms with Crippen LogP contribution in [0.1, 0.15) is 40.1 Å². The Morgan fingerprint density at radius 3 is 2.71 bits per heavy atom. The summed E-state index contributed by atoms with van der Waals surface area (Å²) < 4.78 is 0. The third kappa shape index (κ3) is 2.90. The van der Waals surface area contributed by atoms with Crippen molar-refractivity contribution < 1.29 is 14.7 Å². The van der Waals surface area contributed by atoms with E-state index in [1.54, 1.807) is 0 Å². The molecule has 21 heavy (non-hydrogen) atoms. The van der Waals surface area contributed by atoms with Crippen LogP contribution in [0.15, 0.2) is 18.3 Å². The third-order valence-electron chi connectivity index (χ3n) is 4.32. The Balaban J connectivity index is 1.73. The van der Waals surface area contributed by atoms with Gasteiger partial charge < -0.3 is 10.0 Å². The number of rotatable bonds is 2. The van der Waals surface area contributed by atoms with Gasteiger partial charge in [0.15, 0.2) is 0 Å². The van der Waals surface area contributed by atoms with Gasteiger partial charge in [0.25, 0.3) is 5.91 Å². The van der Waals surface area contributed by atoms with Crippen molar-refractivity contribution in [2.45, 2.75) is 25.3 Å². The fraction of sp³-hybridized carbons (Fsp3) is 0.533. The zero-order valence-electron chi connectivity index (χ0n) is 11.9. The molecule has 0 spiro atoms. The predicted molar refractivity (Wildman–Crippen MR) is 76.3 cm³/mol. The van der Waals surface area contributed by atoms with E-state index in [-0.39, 0.29) is 11.5 Å². The van der Waals surface area contributed by atoms with E-state index in [2.05, 4.69) is 9.88 Å². The van der Waals surface area contributed by atoms with E-state index in [0.717, 1.165) is 39.0 Å². The van der Waals surface area contributed by atoms with Crippen LogP contribution in [0.4, 0.5) is 0 Å². The molecule has 1 unspecified atom stereocenters. The fourth-order valence-corrected chi connectivity index (χ4v) is 3.20. The van der Waals surface area contributed by atoms with Crippen LogP contribution in [0.3, 0.4) is 0 Å². The molecule has 1 aromatic heterocycles. The lowest BCUT2D eigenvalue weighted by atomic mass is 10.2. The normalized spacial score (nSPS) is 22.7. The van der Waals surface area contributed by atoms with Crippen molar-refractivity contribution in [2.75, 3.05) is 26.2 Å². The summed E-state index contributed by atoms with van der Waals surface area (Å²) in [6.07, 6.45) is 4.58. The summed E-state index contributed by atoms with van der Waals surface area (Å²) in [6, 6.07) is 3.40. The lowest BCUT2D eigenvalue weighted by Gasteiger charge is -2.25. The molecular weight excluding hydrogens is 270 g/mol. The zero-order chi connectivity index (χ0) is 14.8. The van der Waals surface area contributed by atoms with Gasteiger partial charge >= 0.3 is 5.97 Å². The van der Waals surface area contributed by atoms with Gasteiger partial charge in [-0.05, 0) is 37.9 Å². The number of amides is 1. The van der Waals surface area contributed by atoms with E-state index in [1.807, 2.05) is 4.90 Å². The first kappa shape index (κ1) is 14.0. The second-order valence-electron chi connectivity index (χ2n) is 5.67. The van der Waals surface area contributed by atoms with Crippen molar-refractivity contribution >= 4 is 11.9 Å². The van der Waals surface area contributed by atoms with Crippen LogP contribution in [0.2, 0.25) is 0 Å². The minimum absolute atomic E-state index is 0.0966. The number of hydrogen-bond acceptors (Lipinski definition) is 4. The van der Waals surface area contributed by atoms with E-state index in [9.17, 15) is 9.59 Å². The van der Waals surface area contributed by atoms with Crippen molar-refractivity contribution in [1.82, 2.24) is 14.8 Å². The molecule has 112 valence electrons. The maximum atomic E-state index is 12.5. The SMILES string of the molecule is O=C(O)c1ccc(C(=O)N2CCCN3CCCC3C2)nc1. The van der Waals surface area contributed by atoms with Crippen molar-refractivity contribution in [3.8, 4) is 0 Å². The number of aromatic carboxylic acids is 1. The maximum Gasteiger partial charge on any atom is 0.337 e. The Kier molecular flexibility index (Phi) is 3.88. The molecule has 3 heterocycles. The van der Waals surface area contributed by atoms with Gasteiger partial charge in [0, 0.05) is 31.9 Å². The van der Waals surface area contributed by atoms with E-state index < -0.39 is 5.97 Å². The average Bonchev–Trinajstić information content (AvgIpc) is 2.83. The van der Waals surface area contributed by atoms with Crippen LogP contribution >= 0.6 is 0 Å². The molecule has 6 heteroatoms. The van der Waals surface area contributed by atoms with E-state index in [0.29, 0.717) is 11.7 Å². The number of fused-ring (bicyclic) bond motifs is 1. The largest absolute Gasteiger partial charge is 0.478 e. The number of aromatic nitrogens is 1. The van der Waals surface area contributed by atoms with Crippen LogP contribution in [0.5, 0.6) is 0 Å². The molecule has 2 aliphatic heterocycles. The molecule has 6 nitrogen and oxygen atoms in total. The minimum atomic E-state index is -1.03. The van der Waals surface area contributed by atoms with Crippen molar-refractivity contribution in [2.24, 2.45) is 0 Å². The Bertz CT molecular complexity index is 544. The molecule has 1 amide bonds. The van der Waals surface area contributed by atoms with Crippen LogP contribution < -0.4 is 0 Å². The minimum Gasteiger partial charge on any atom is -0.478 e. The fourth-order valence-electron chi connectivity index (χ4n) is 3.20. The van der Waals surface area contributed by atoms with E-state index >= 15 is 0 Å². The highest BCUT2D eigenvalue weighted by atomic mass is 16.4. The van der Waals surface area contributed by atoms with Gasteiger partial charge in [-0.15, -0.1) is 0 Å². The predicted octanol–water partition coefficient (Wildman–Crippen LogP) is 1.09. The van der Waals surface area contributed by atoms with Crippen LogP contribution in [0, 0.1) is 0 Å². The van der Waals surface area contributed by atoms with Gasteiger partial charge in [-0.3, -0.25) is 14.7 Å². The van der Waals surface area contributed by atoms with E-state index in [4.69, 9.17) is 5.11 Å². The quantitative estimate of drug-likeness (QED) is 0.882. The summed E-state index contributed by atoms with van der Waals surface area (Å²) in [7, 11) is 0. The summed E-state index contributed by atoms with van der Waals surface area (Å²) in [5.74, 6) is -1.13. The van der Waals surface area contributed by atoms with Crippen LogP contribution in [-0.4, -0.2) is 64.0 Å². The number of pyridine rings is 1. The Labute approximate surface area is 123 Å². The number of hydrogen-bond donors (Lipinski definition) is 1. The summed E-state index contributed by atoms with van der Waals surface area (Å²) >= 11 is 0. The van der Waals surface area contributed by atoms with Gasteiger partial charge in [-0.1, -0.05) is 0 Å². The van der Waals surface area contributed by atoms with Crippen LogP contribution in [0.25, 0.3) is 0 Å². The molecule has 2 saturated heterocycles. The molecule has 2 fully saturated rings. The molecule has 0 bridgehead atoms. The van der Waals surface area contributed by atoms with Gasteiger partial charge in [0.1, 0.15) is 5.69 Å². The monoisotopic (exact) mass is 289 g/mol. The highest BCUT2D eigenvalue weighted by molar-refractivity contribution is 5.93. The second kappa shape index (κ2) is 5.81. The van der Waals surface area contributed by atoms with Gasteiger partial charge in [0.2, 0.25) is 0 Å². The summed E-state index contributed by atoms with van der Waals surface area (Å²) in [5.41, 5.74) is 0.427. The van der Waals surface area contributed by atoms with Gasteiger partial charge in [0.05, 0.1) is 5.56 Å². The lowest BCUT2D eigenvalue weighted by molar-refractivity contribution is 0.0691. The van der Waals surface area contributed by atoms with Gasteiger partial charge in [-0.2, -0.15) is 0 Å².